The summed E-state index contributed by atoms with van der Waals surface area (Å²) in [5.41, 5.74) is 7.70. The fourth-order valence-electron chi connectivity index (χ4n) is 3.01. The van der Waals surface area contributed by atoms with Crippen molar-refractivity contribution in [1.29, 1.82) is 0 Å². The molecule has 134 valence electrons. The quantitative estimate of drug-likeness (QED) is 0.694. The van der Waals surface area contributed by atoms with Crippen LogP contribution in [0.5, 0.6) is 0 Å². The van der Waals surface area contributed by atoms with Crippen LogP contribution in [0.4, 0.5) is 0 Å². The van der Waals surface area contributed by atoms with Crippen LogP contribution in [0.25, 0.3) is 0 Å². The molecule has 0 unspecified atom stereocenters. The highest BCUT2D eigenvalue weighted by atomic mass is 16.4. The molecule has 0 bridgehead atoms. The highest BCUT2D eigenvalue weighted by Crippen LogP contribution is 2.30. The van der Waals surface area contributed by atoms with Crippen molar-refractivity contribution < 1.29 is 19.8 Å². The third kappa shape index (κ3) is 7.23. The van der Waals surface area contributed by atoms with Gasteiger partial charge in [-0.25, -0.2) is 0 Å². The molecule has 0 saturated heterocycles. The van der Waals surface area contributed by atoms with Gasteiger partial charge in [0, 0.05) is 25.0 Å². The van der Waals surface area contributed by atoms with E-state index in [1.807, 2.05) is 24.3 Å². The number of carboxylic acids is 1. The van der Waals surface area contributed by atoms with Crippen LogP contribution >= 0.6 is 0 Å². The molecule has 1 saturated carbocycles. The number of ketones is 1. The molecule has 0 radical (unpaired) electrons. The number of aliphatic hydroxyl groups excluding tert-OH is 1. The van der Waals surface area contributed by atoms with E-state index in [-0.39, 0.29) is 18.3 Å². The predicted octanol–water partition coefficient (Wildman–Crippen LogP) is 2.65. The van der Waals surface area contributed by atoms with Crippen molar-refractivity contribution >= 4 is 11.8 Å². The smallest absolute Gasteiger partial charge is 0.300 e. The van der Waals surface area contributed by atoms with Crippen LogP contribution in [-0.2, 0) is 11.2 Å². The topological polar surface area (TPSA) is 101 Å². The van der Waals surface area contributed by atoms with Gasteiger partial charge in [-0.15, -0.1) is 0 Å². The molecule has 0 heterocycles. The van der Waals surface area contributed by atoms with Gasteiger partial charge in [0.1, 0.15) is 0 Å². The molecule has 1 aromatic carbocycles. The summed E-state index contributed by atoms with van der Waals surface area (Å²) in [4.78, 5) is 21.4. The Labute approximate surface area is 143 Å². The number of hydrogen-bond donors (Lipinski definition) is 3. The first-order valence-electron chi connectivity index (χ1n) is 8.61. The largest absolute Gasteiger partial charge is 0.481 e. The second kappa shape index (κ2) is 10.9. The van der Waals surface area contributed by atoms with Crippen LogP contribution < -0.4 is 5.73 Å². The number of carbonyl (C=O) groups is 2. The molecule has 1 aromatic rings. The highest BCUT2D eigenvalue weighted by Gasteiger charge is 2.26. The standard InChI is InChI=1S/C17H25NO2.C2H4O2/c18-12-14-5-9-16(10-6-14)17(20)15-7-3-13(4-8-15)2-1-11-19;1-2(3)4/h3-4,7-8,14,16,19H,1-2,5-6,9-12,18H2;1H3,(H,3,4). The number of nitrogens with two attached hydrogens (primary N) is 1. The Morgan fingerprint density at radius 3 is 2.12 bits per heavy atom. The van der Waals surface area contributed by atoms with Crippen LogP contribution in [-0.4, -0.2) is 35.1 Å². The summed E-state index contributed by atoms with van der Waals surface area (Å²) in [7, 11) is 0. The predicted molar refractivity (Wildman–Crippen MR) is 94.0 cm³/mol. The zero-order valence-electron chi connectivity index (χ0n) is 14.4. The number of Topliss-reactive ketones (excluding diaryl/α,β-unsaturated/α-hetero) is 1. The van der Waals surface area contributed by atoms with Crippen LogP contribution in [0, 0.1) is 11.8 Å². The molecule has 5 heteroatoms. The molecule has 0 spiro atoms. The summed E-state index contributed by atoms with van der Waals surface area (Å²) in [6, 6.07) is 7.89. The minimum Gasteiger partial charge on any atom is -0.481 e. The normalized spacial score (nSPS) is 20.0. The molecule has 1 aliphatic carbocycles. The molecule has 2 rings (SSSR count). The summed E-state index contributed by atoms with van der Waals surface area (Å²) in [6.45, 7) is 2.05. The molecule has 1 aliphatic rings. The maximum atomic E-state index is 12.4. The number of aliphatic hydroxyl groups is 1. The van der Waals surface area contributed by atoms with Crippen molar-refractivity contribution in [3.05, 3.63) is 35.4 Å². The number of hydrogen-bond acceptors (Lipinski definition) is 4. The lowest BCUT2D eigenvalue weighted by Crippen LogP contribution is -2.25. The third-order valence-electron chi connectivity index (χ3n) is 4.41. The van der Waals surface area contributed by atoms with Crippen molar-refractivity contribution in [3.63, 3.8) is 0 Å². The number of rotatable bonds is 6. The Balaban J connectivity index is 0.000000648. The van der Waals surface area contributed by atoms with Crippen LogP contribution in [0.15, 0.2) is 24.3 Å². The van der Waals surface area contributed by atoms with Gasteiger partial charge in [0.2, 0.25) is 0 Å². The Hall–Kier alpha value is -1.72. The monoisotopic (exact) mass is 335 g/mol. The molecule has 4 N–H and O–H groups in total. The van der Waals surface area contributed by atoms with E-state index in [1.165, 1.54) is 5.56 Å². The minimum atomic E-state index is -0.833. The summed E-state index contributed by atoms with van der Waals surface area (Å²) >= 11 is 0. The van der Waals surface area contributed by atoms with E-state index >= 15 is 0 Å². The van der Waals surface area contributed by atoms with E-state index in [1.54, 1.807) is 0 Å². The second-order valence-corrected chi connectivity index (χ2v) is 6.36. The molecule has 0 atom stereocenters. The number of aliphatic carboxylic acids is 1. The molecular weight excluding hydrogens is 306 g/mol. The van der Waals surface area contributed by atoms with Gasteiger partial charge in [-0.3, -0.25) is 9.59 Å². The van der Waals surface area contributed by atoms with Gasteiger partial charge >= 0.3 is 0 Å². The van der Waals surface area contributed by atoms with Gasteiger partial charge in [0.25, 0.3) is 5.97 Å². The van der Waals surface area contributed by atoms with Crippen LogP contribution in [0.1, 0.15) is 54.9 Å². The molecule has 1 fully saturated rings. The molecule has 24 heavy (non-hydrogen) atoms. The maximum Gasteiger partial charge on any atom is 0.300 e. The summed E-state index contributed by atoms with van der Waals surface area (Å²) in [5, 5.41) is 16.2. The van der Waals surface area contributed by atoms with Gasteiger partial charge in [-0.2, -0.15) is 0 Å². The van der Waals surface area contributed by atoms with E-state index in [9.17, 15) is 4.79 Å². The average molecular weight is 335 g/mol. The molecule has 0 aromatic heterocycles. The fourth-order valence-corrected chi connectivity index (χ4v) is 3.01. The Bertz CT molecular complexity index is 501. The first-order chi connectivity index (χ1) is 11.5. The third-order valence-corrected chi connectivity index (χ3v) is 4.41. The second-order valence-electron chi connectivity index (χ2n) is 6.36. The first-order valence-corrected chi connectivity index (χ1v) is 8.61. The van der Waals surface area contributed by atoms with Gasteiger partial charge in [0.15, 0.2) is 5.78 Å². The van der Waals surface area contributed by atoms with Crippen molar-refractivity contribution in [2.45, 2.75) is 45.4 Å². The summed E-state index contributed by atoms with van der Waals surface area (Å²) in [5.74, 6) is 0.246. The zero-order valence-corrected chi connectivity index (χ0v) is 14.4. The van der Waals surface area contributed by atoms with E-state index < -0.39 is 5.97 Å². The minimum absolute atomic E-state index is 0.182. The Morgan fingerprint density at radius 2 is 1.67 bits per heavy atom. The molecular formula is C19H29NO4. The highest BCUT2D eigenvalue weighted by molar-refractivity contribution is 5.97. The zero-order chi connectivity index (χ0) is 17.9. The number of benzene rings is 1. The summed E-state index contributed by atoms with van der Waals surface area (Å²) < 4.78 is 0. The van der Waals surface area contributed by atoms with Crippen molar-refractivity contribution in [2.75, 3.05) is 13.2 Å². The Morgan fingerprint density at radius 1 is 1.12 bits per heavy atom. The fraction of sp³-hybridized carbons (Fsp3) is 0.579. The Kier molecular flexibility index (Phi) is 9.27. The lowest BCUT2D eigenvalue weighted by atomic mass is 9.78. The molecule has 5 nitrogen and oxygen atoms in total. The average Bonchev–Trinajstić information content (AvgIpc) is 2.59. The first kappa shape index (κ1) is 20.3. The van der Waals surface area contributed by atoms with E-state index in [2.05, 4.69) is 0 Å². The van der Waals surface area contributed by atoms with Crippen molar-refractivity contribution in [1.82, 2.24) is 0 Å². The van der Waals surface area contributed by atoms with E-state index in [0.717, 1.165) is 57.6 Å². The van der Waals surface area contributed by atoms with Gasteiger partial charge in [-0.05, 0) is 56.6 Å². The lowest BCUT2D eigenvalue weighted by Gasteiger charge is -2.26. The van der Waals surface area contributed by atoms with E-state index in [4.69, 9.17) is 20.7 Å². The summed E-state index contributed by atoms with van der Waals surface area (Å²) in [6.07, 6.45) is 5.77. The van der Waals surface area contributed by atoms with Crippen molar-refractivity contribution in [3.8, 4) is 0 Å². The van der Waals surface area contributed by atoms with Crippen molar-refractivity contribution in [2.24, 2.45) is 17.6 Å². The van der Waals surface area contributed by atoms with Crippen LogP contribution in [0.2, 0.25) is 0 Å². The molecule has 0 aliphatic heterocycles. The van der Waals surface area contributed by atoms with Crippen LogP contribution in [0.3, 0.4) is 0 Å². The number of aryl methyl sites for hydroxylation is 1. The molecule has 0 amide bonds. The van der Waals surface area contributed by atoms with Gasteiger partial charge in [-0.1, -0.05) is 24.3 Å². The van der Waals surface area contributed by atoms with Gasteiger partial charge in [0.05, 0.1) is 0 Å². The maximum absolute atomic E-state index is 12.4. The lowest BCUT2D eigenvalue weighted by molar-refractivity contribution is -0.134. The number of carboxylic acid groups (broad SMARTS) is 1. The van der Waals surface area contributed by atoms with Gasteiger partial charge < -0.3 is 15.9 Å². The number of carbonyl (C=O) groups excluding carboxylic acids is 1. The van der Waals surface area contributed by atoms with E-state index in [0.29, 0.717) is 5.92 Å². The SMILES string of the molecule is CC(=O)O.NCC1CCC(C(=O)c2ccc(CCCO)cc2)CC1.